The lowest BCUT2D eigenvalue weighted by atomic mass is 10.1. The van der Waals surface area contributed by atoms with Crippen LogP contribution in [0.2, 0.25) is 0 Å². The van der Waals surface area contributed by atoms with Gasteiger partial charge in [-0.3, -0.25) is 0 Å². The second-order valence-corrected chi connectivity index (χ2v) is 5.81. The van der Waals surface area contributed by atoms with Crippen molar-refractivity contribution >= 4 is 16.5 Å². The van der Waals surface area contributed by atoms with E-state index in [-0.39, 0.29) is 0 Å². The van der Waals surface area contributed by atoms with E-state index in [1.165, 1.54) is 10.4 Å². The Hall–Kier alpha value is -1.39. The van der Waals surface area contributed by atoms with Gasteiger partial charge in [0.15, 0.2) is 5.13 Å². The Morgan fingerprint density at radius 1 is 1.20 bits per heavy atom. The van der Waals surface area contributed by atoms with Crippen molar-refractivity contribution in [2.24, 2.45) is 0 Å². The Bertz CT molecular complexity index is 522. The predicted molar refractivity (Wildman–Crippen MR) is 88.5 cm³/mol. The molecule has 0 fully saturated rings. The van der Waals surface area contributed by atoms with Crippen molar-refractivity contribution in [3.05, 3.63) is 35.2 Å². The smallest absolute Gasteiger partial charge is 0.186 e. The van der Waals surface area contributed by atoms with Crippen LogP contribution >= 0.6 is 11.3 Å². The number of nitrogens with zero attached hydrogens (tertiary/aromatic N) is 2. The number of hydrogen-bond donors (Lipinski definition) is 1. The Morgan fingerprint density at radius 3 is 2.55 bits per heavy atom. The minimum absolute atomic E-state index is 0.867. The van der Waals surface area contributed by atoms with Gasteiger partial charge in [0.25, 0.3) is 0 Å². The summed E-state index contributed by atoms with van der Waals surface area (Å²) in [5, 5.41) is 4.39. The first kappa shape index (κ1) is 15.0. The first-order chi connectivity index (χ1) is 9.80. The highest BCUT2D eigenvalue weighted by atomic mass is 32.1. The van der Waals surface area contributed by atoms with Gasteiger partial charge in [0.2, 0.25) is 0 Å². The molecule has 2 aromatic rings. The van der Waals surface area contributed by atoms with Crippen LogP contribution in [-0.2, 0) is 6.54 Å². The summed E-state index contributed by atoms with van der Waals surface area (Å²) in [6, 6.07) is 10.5. The molecule has 4 heteroatoms. The van der Waals surface area contributed by atoms with Crippen molar-refractivity contribution in [2.45, 2.75) is 26.8 Å². The highest BCUT2D eigenvalue weighted by molar-refractivity contribution is 7.16. The summed E-state index contributed by atoms with van der Waals surface area (Å²) in [6.07, 6.45) is 1.15. The van der Waals surface area contributed by atoms with Gasteiger partial charge in [0.1, 0.15) is 0 Å². The van der Waals surface area contributed by atoms with E-state index in [2.05, 4.69) is 48.3 Å². The standard InChI is InChI=1S/C16H23N3S/c1-4-11-19(5-2)16-18-15(14(20-16)12-17-3)13-9-7-6-8-10-13/h6-10,17H,4-5,11-12H2,1-3H3. The van der Waals surface area contributed by atoms with Gasteiger partial charge in [0, 0.05) is 30.1 Å². The topological polar surface area (TPSA) is 28.2 Å². The van der Waals surface area contributed by atoms with Crippen molar-refractivity contribution in [1.29, 1.82) is 0 Å². The third-order valence-electron chi connectivity index (χ3n) is 3.22. The van der Waals surface area contributed by atoms with Crippen LogP contribution in [0.1, 0.15) is 25.1 Å². The van der Waals surface area contributed by atoms with Crippen LogP contribution in [0.15, 0.2) is 30.3 Å². The molecule has 1 N–H and O–H groups in total. The summed E-state index contributed by atoms with van der Waals surface area (Å²) in [5.74, 6) is 0. The Balaban J connectivity index is 2.37. The lowest BCUT2D eigenvalue weighted by Crippen LogP contribution is -2.23. The van der Waals surface area contributed by atoms with Gasteiger partial charge >= 0.3 is 0 Å². The molecule has 1 aromatic carbocycles. The number of hydrogen-bond acceptors (Lipinski definition) is 4. The fourth-order valence-corrected chi connectivity index (χ4v) is 3.42. The van der Waals surface area contributed by atoms with E-state index in [0.717, 1.165) is 36.9 Å². The number of thiazole rings is 1. The zero-order chi connectivity index (χ0) is 14.4. The molecule has 1 heterocycles. The average molecular weight is 289 g/mol. The minimum Gasteiger partial charge on any atom is -0.348 e. The van der Waals surface area contributed by atoms with Crippen LogP contribution in [0.5, 0.6) is 0 Å². The molecule has 2 rings (SSSR count). The summed E-state index contributed by atoms with van der Waals surface area (Å²) in [4.78, 5) is 8.56. The minimum atomic E-state index is 0.867. The summed E-state index contributed by atoms with van der Waals surface area (Å²) < 4.78 is 0. The average Bonchev–Trinajstić information content (AvgIpc) is 2.90. The van der Waals surface area contributed by atoms with Gasteiger partial charge in [-0.05, 0) is 20.4 Å². The van der Waals surface area contributed by atoms with Crippen LogP contribution in [0.4, 0.5) is 5.13 Å². The zero-order valence-electron chi connectivity index (χ0n) is 12.5. The first-order valence-corrected chi connectivity index (χ1v) is 8.06. The molecule has 108 valence electrons. The lowest BCUT2D eigenvalue weighted by Gasteiger charge is -2.18. The van der Waals surface area contributed by atoms with Crippen LogP contribution in [0, 0.1) is 0 Å². The first-order valence-electron chi connectivity index (χ1n) is 7.24. The van der Waals surface area contributed by atoms with Crippen LogP contribution in [0.3, 0.4) is 0 Å². The molecule has 0 amide bonds. The van der Waals surface area contributed by atoms with Crippen LogP contribution < -0.4 is 10.2 Å². The van der Waals surface area contributed by atoms with Gasteiger partial charge in [-0.25, -0.2) is 4.98 Å². The molecule has 1 aromatic heterocycles. The summed E-state index contributed by atoms with van der Waals surface area (Å²) in [5.41, 5.74) is 2.32. The number of aromatic nitrogens is 1. The van der Waals surface area contributed by atoms with E-state index in [1.807, 2.05) is 13.1 Å². The Morgan fingerprint density at radius 2 is 1.95 bits per heavy atom. The molecule has 20 heavy (non-hydrogen) atoms. The second-order valence-electron chi connectivity index (χ2n) is 4.74. The van der Waals surface area contributed by atoms with E-state index in [4.69, 9.17) is 4.98 Å². The monoisotopic (exact) mass is 289 g/mol. The predicted octanol–water partition coefficient (Wildman–Crippen LogP) is 3.77. The number of benzene rings is 1. The third kappa shape index (κ3) is 3.38. The lowest BCUT2D eigenvalue weighted by molar-refractivity contribution is 0.788. The largest absolute Gasteiger partial charge is 0.348 e. The molecule has 0 saturated carbocycles. The third-order valence-corrected chi connectivity index (χ3v) is 4.33. The molecule has 3 nitrogen and oxygen atoms in total. The van der Waals surface area contributed by atoms with Gasteiger partial charge in [-0.15, -0.1) is 0 Å². The molecule has 0 unspecified atom stereocenters. The van der Waals surface area contributed by atoms with Gasteiger partial charge in [0.05, 0.1) is 5.69 Å². The maximum absolute atomic E-state index is 4.89. The fourth-order valence-electron chi connectivity index (χ4n) is 2.24. The second kappa shape index (κ2) is 7.41. The summed E-state index contributed by atoms with van der Waals surface area (Å²) >= 11 is 1.80. The van der Waals surface area contributed by atoms with Gasteiger partial charge < -0.3 is 10.2 Å². The van der Waals surface area contributed by atoms with E-state index < -0.39 is 0 Å². The molecule has 0 saturated heterocycles. The molecule has 0 radical (unpaired) electrons. The molecular formula is C16H23N3S. The number of nitrogens with one attached hydrogen (secondary N) is 1. The summed E-state index contributed by atoms with van der Waals surface area (Å²) in [6.45, 7) is 7.34. The van der Waals surface area contributed by atoms with Crippen molar-refractivity contribution in [2.75, 3.05) is 25.0 Å². The molecule has 0 atom stereocenters. The number of anilines is 1. The SMILES string of the molecule is CCCN(CC)c1nc(-c2ccccc2)c(CNC)s1. The normalized spacial score (nSPS) is 10.8. The van der Waals surface area contributed by atoms with E-state index >= 15 is 0 Å². The van der Waals surface area contributed by atoms with Gasteiger partial charge in [-0.2, -0.15) is 0 Å². The number of rotatable bonds is 7. The fraction of sp³-hybridized carbons (Fsp3) is 0.438. The van der Waals surface area contributed by atoms with Crippen LogP contribution in [0.25, 0.3) is 11.3 Å². The highest BCUT2D eigenvalue weighted by Gasteiger charge is 2.15. The molecule has 0 aliphatic rings. The van der Waals surface area contributed by atoms with Crippen molar-refractivity contribution in [1.82, 2.24) is 10.3 Å². The van der Waals surface area contributed by atoms with Crippen molar-refractivity contribution < 1.29 is 0 Å². The maximum atomic E-state index is 4.89. The maximum Gasteiger partial charge on any atom is 0.186 e. The van der Waals surface area contributed by atoms with Crippen molar-refractivity contribution in [3.63, 3.8) is 0 Å². The molecule has 0 spiro atoms. The Labute approximate surface area is 125 Å². The molecule has 0 aliphatic carbocycles. The summed E-state index contributed by atoms with van der Waals surface area (Å²) in [7, 11) is 1.98. The molecular weight excluding hydrogens is 266 g/mol. The molecule has 0 bridgehead atoms. The Kier molecular flexibility index (Phi) is 5.56. The van der Waals surface area contributed by atoms with E-state index in [1.54, 1.807) is 11.3 Å². The van der Waals surface area contributed by atoms with Crippen molar-refractivity contribution in [3.8, 4) is 11.3 Å². The molecule has 0 aliphatic heterocycles. The highest BCUT2D eigenvalue weighted by Crippen LogP contribution is 2.33. The quantitative estimate of drug-likeness (QED) is 0.841. The zero-order valence-corrected chi connectivity index (χ0v) is 13.3. The van der Waals surface area contributed by atoms with E-state index in [0.29, 0.717) is 0 Å². The van der Waals surface area contributed by atoms with Crippen LogP contribution in [-0.4, -0.2) is 25.1 Å². The van der Waals surface area contributed by atoms with E-state index in [9.17, 15) is 0 Å². The van der Waals surface area contributed by atoms with Gasteiger partial charge in [-0.1, -0.05) is 48.6 Å².